The molecule has 0 unspecified atom stereocenters. The molecular formula is C38H30N4O5S. The van der Waals surface area contributed by atoms with Crippen molar-refractivity contribution in [3.05, 3.63) is 144 Å². The van der Waals surface area contributed by atoms with Crippen molar-refractivity contribution in [2.75, 3.05) is 14.2 Å². The standard InChI is InChI=1S/C38H30N4O5S/c1-44-32-17-26(13-15-30(32)46-22-24-9-5-3-6-10-24)18-34-37(43)42-36(41)28(20-39)35(29(21-40)38(42)48-34)27-14-16-31(33(19-27)45-2)47-23-25-11-7-4-8-12-25/h3-19,35H,22-23,41H2,1-2H3/b34-18+/t35-/m0/s1. The SMILES string of the molecule is COc1cc(/C=c2/sc3n(c2=O)C(N)=C(C#N)[C@H](c2ccc(OCc4ccccc4)c(OC)c2)C=3C#N)ccc1OCc1ccccc1. The van der Waals surface area contributed by atoms with Gasteiger partial charge in [-0.2, -0.15) is 10.5 Å². The molecule has 6 rings (SSSR count). The molecule has 0 radical (unpaired) electrons. The zero-order chi connectivity index (χ0) is 33.6. The summed E-state index contributed by atoms with van der Waals surface area (Å²) in [4.78, 5) is 13.7. The predicted octanol–water partition coefficient (Wildman–Crippen LogP) is 5.04. The Hall–Kier alpha value is -6.23. The highest BCUT2D eigenvalue weighted by molar-refractivity contribution is 7.07. The fourth-order valence-electron chi connectivity index (χ4n) is 5.48. The Bertz CT molecular complexity index is 2280. The van der Waals surface area contributed by atoms with E-state index in [2.05, 4.69) is 12.1 Å². The Morgan fingerprint density at radius 1 is 0.771 bits per heavy atom. The highest BCUT2D eigenvalue weighted by Crippen LogP contribution is 2.39. The van der Waals surface area contributed by atoms with Gasteiger partial charge in [-0.3, -0.25) is 9.36 Å². The van der Waals surface area contributed by atoms with Gasteiger partial charge in [0.1, 0.15) is 23.7 Å². The van der Waals surface area contributed by atoms with Crippen molar-refractivity contribution in [1.82, 2.24) is 4.57 Å². The highest BCUT2D eigenvalue weighted by Gasteiger charge is 2.32. The summed E-state index contributed by atoms with van der Waals surface area (Å²) in [5.41, 5.74) is 9.69. The van der Waals surface area contributed by atoms with Gasteiger partial charge in [-0.1, -0.05) is 72.8 Å². The van der Waals surface area contributed by atoms with Crippen LogP contribution in [0.25, 0.3) is 17.5 Å². The van der Waals surface area contributed by atoms with Gasteiger partial charge in [0.2, 0.25) is 0 Å². The van der Waals surface area contributed by atoms with E-state index in [1.807, 2.05) is 66.7 Å². The summed E-state index contributed by atoms with van der Waals surface area (Å²) >= 11 is 1.13. The van der Waals surface area contributed by atoms with Crippen molar-refractivity contribution in [3.8, 4) is 35.1 Å². The molecule has 0 saturated carbocycles. The van der Waals surface area contributed by atoms with E-state index in [9.17, 15) is 15.3 Å². The van der Waals surface area contributed by atoms with E-state index in [1.165, 1.54) is 11.7 Å². The molecule has 1 aliphatic heterocycles. The third-order valence-corrected chi connectivity index (χ3v) is 8.98. The molecule has 0 aliphatic carbocycles. The van der Waals surface area contributed by atoms with Gasteiger partial charge < -0.3 is 24.7 Å². The van der Waals surface area contributed by atoms with Crippen LogP contribution in [0.15, 0.2) is 107 Å². The third kappa shape index (κ3) is 6.25. The van der Waals surface area contributed by atoms with Crippen molar-refractivity contribution in [2.24, 2.45) is 5.73 Å². The lowest BCUT2D eigenvalue weighted by molar-refractivity contribution is 0.284. The Labute approximate surface area is 280 Å². The Morgan fingerprint density at radius 3 is 1.90 bits per heavy atom. The minimum absolute atomic E-state index is 0.0250. The number of hydrogen-bond acceptors (Lipinski definition) is 9. The summed E-state index contributed by atoms with van der Waals surface area (Å²) in [6, 6.07) is 34.5. The maximum Gasteiger partial charge on any atom is 0.274 e. The molecule has 1 aliphatic rings. The molecule has 0 fully saturated rings. The topological polar surface area (TPSA) is 133 Å². The van der Waals surface area contributed by atoms with E-state index < -0.39 is 11.5 Å². The van der Waals surface area contributed by atoms with Gasteiger partial charge in [-0.25, -0.2) is 0 Å². The monoisotopic (exact) mass is 654 g/mol. The minimum Gasteiger partial charge on any atom is -0.493 e. The second kappa shape index (κ2) is 14.0. The molecule has 5 aromatic rings. The maximum absolute atomic E-state index is 13.7. The number of methoxy groups -OCH3 is 2. The van der Waals surface area contributed by atoms with Gasteiger partial charge in [0.15, 0.2) is 23.0 Å². The number of nitriles is 2. The summed E-state index contributed by atoms with van der Waals surface area (Å²) in [7, 11) is 3.07. The zero-order valence-electron chi connectivity index (χ0n) is 26.2. The van der Waals surface area contributed by atoms with Crippen LogP contribution in [0.3, 0.4) is 0 Å². The molecular weight excluding hydrogens is 625 g/mol. The van der Waals surface area contributed by atoms with Crippen LogP contribution in [-0.2, 0) is 13.2 Å². The third-order valence-electron chi connectivity index (χ3n) is 7.87. The molecule has 0 bridgehead atoms. The Balaban J connectivity index is 1.37. The number of nitrogens with zero attached hydrogens (tertiary/aromatic N) is 3. The van der Waals surface area contributed by atoms with Crippen molar-refractivity contribution >= 4 is 28.8 Å². The normalized spacial score (nSPS) is 14.1. The number of hydrogen-bond donors (Lipinski definition) is 1. The van der Waals surface area contributed by atoms with E-state index in [1.54, 1.807) is 43.5 Å². The summed E-state index contributed by atoms with van der Waals surface area (Å²) < 4.78 is 25.1. The molecule has 2 N–H and O–H groups in total. The molecule has 9 nitrogen and oxygen atoms in total. The molecule has 2 heterocycles. The van der Waals surface area contributed by atoms with E-state index in [0.717, 1.165) is 22.5 Å². The molecule has 10 heteroatoms. The lowest BCUT2D eigenvalue weighted by Gasteiger charge is -2.23. The molecule has 238 valence electrons. The first kappa shape index (κ1) is 31.7. The van der Waals surface area contributed by atoms with E-state index >= 15 is 0 Å². The number of rotatable bonds is 10. The molecule has 48 heavy (non-hydrogen) atoms. The number of thiazole rings is 1. The van der Waals surface area contributed by atoms with Gasteiger partial charge in [-0.15, -0.1) is 11.3 Å². The van der Waals surface area contributed by atoms with E-state index in [0.29, 0.717) is 56.5 Å². The lowest BCUT2D eigenvalue weighted by Crippen LogP contribution is -2.38. The minimum atomic E-state index is -0.816. The number of ether oxygens (including phenoxy) is 4. The van der Waals surface area contributed by atoms with Crippen LogP contribution < -0.4 is 39.4 Å². The summed E-state index contributed by atoms with van der Waals surface area (Å²) in [6.45, 7) is 0.706. The van der Waals surface area contributed by atoms with Crippen LogP contribution in [0, 0.1) is 22.7 Å². The molecule has 0 saturated heterocycles. The van der Waals surface area contributed by atoms with Gasteiger partial charge in [-0.05, 0) is 52.6 Å². The van der Waals surface area contributed by atoms with Crippen LogP contribution in [0.4, 0.5) is 0 Å². The first-order chi connectivity index (χ1) is 23.4. The van der Waals surface area contributed by atoms with Crippen LogP contribution >= 0.6 is 11.3 Å². The van der Waals surface area contributed by atoms with Crippen LogP contribution in [0.1, 0.15) is 28.2 Å². The molecule has 0 amide bonds. The summed E-state index contributed by atoms with van der Waals surface area (Å²) in [5, 5.41) is 20.7. The number of nitrogens with two attached hydrogens (primary N) is 1. The van der Waals surface area contributed by atoms with Crippen LogP contribution in [0.2, 0.25) is 0 Å². The van der Waals surface area contributed by atoms with Crippen molar-refractivity contribution in [2.45, 2.75) is 19.1 Å². The van der Waals surface area contributed by atoms with Crippen LogP contribution in [-0.4, -0.2) is 18.8 Å². The van der Waals surface area contributed by atoms with Gasteiger partial charge in [0, 0.05) is 0 Å². The maximum atomic E-state index is 13.7. The van der Waals surface area contributed by atoms with Gasteiger partial charge >= 0.3 is 0 Å². The Morgan fingerprint density at radius 2 is 1.33 bits per heavy atom. The molecule has 4 aromatic carbocycles. The summed E-state index contributed by atoms with van der Waals surface area (Å²) in [5.74, 6) is 1.16. The van der Waals surface area contributed by atoms with Crippen molar-refractivity contribution in [1.29, 1.82) is 10.5 Å². The molecule has 1 aromatic heterocycles. The Kier molecular flexibility index (Phi) is 9.28. The number of allylic oxidation sites excluding steroid dienone is 1. The first-order valence-corrected chi connectivity index (χ1v) is 15.7. The van der Waals surface area contributed by atoms with Gasteiger partial charge in [0.25, 0.3) is 5.56 Å². The van der Waals surface area contributed by atoms with Crippen LogP contribution in [0.5, 0.6) is 23.0 Å². The zero-order valence-corrected chi connectivity index (χ0v) is 27.0. The fraction of sp³-hybridized carbons (Fsp3) is 0.132. The fourth-order valence-corrected chi connectivity index (χ4v) is 6.61. The van der Waals surface area contributed by atoms with Crippen molar-refractivity contribution < 1.29 is 18.9 Å². The van der Waals surface area contributed by atoms with Gasteiger partial charge in [0.05, 0.1) is 48.0 Å². The average Bonchev–Trinajstić information content (AvgIpc) is 3.45. The van der Waals surface area contributed by atoms with E-state index in [4.69, 9.17) is 24.7 Å². The highest BCUT2D eigenvalue weighted by atomic mass is 32.1. The molecule has 1 atom stereocenters. The molecule has 0 spiro atoms. The predicted molar refractivity (Wildman–Crippen MR) is 184 cm³/mol. The number of aromatic nitrogens is 1. The second-order valence-corrected chi connectivity index (χ2v) is 11.8. The van der Waals surface area contributed by atoms with E-state index in [-0.39, 0.29) is 17.0 Å². The quantitative estimate of drug-likeness (QED) is 0.222. The second-order valence-electron chi connectivity index (χ2n) is 10.8. The van der Waals surface area contributed by atoms with Crippen molar-refractivity contribution in [3.63, 3.8) is 0 Å². The smallest absolute Gasteiger partial charge is 0.274 e. The largest absolute Gasteiger partial charge is 0.493 e. The average molecular weight is 655 g/mol. The first-order valence-electron chi connectivity index (χ1n) is 14.9. The lowest BCUT2D eigenvalue weighted by atomic mass is 9.84. The summed E-state index contributed by atoms with van der Waals surface area (Å²) in [6.07, 6.45) is 1.70. The number of fused-ring (bicyclic) bond motifs is 1. The number of benzene rings is 4.